The van der Waals surface area contributed by atoms with E-state index in [2.05, 4.69) is 10.4 Å². The molecule has 1 saturated heterocycles. The molecule has 0 spiro atoms. The zero-order chi connectivity index (χ0) is 25.4. The van der Waals surface area contributed by atoms with Gasteiger partial charge in [0, 0.05) is 11.3 Å². The molecule has 1 N–H and O–H groups in total. The summed E-state index contributed by atoms with van der Waals surface area (Å²) in [6.45, 7) is 1.80. The number of anilines is 1. The van der Waals surface area contributed by atoms with E-state index in [1.807, 2.05) is 36.4 Å². The van der Waals surface area contributed by atoms with Crippen LogP contribution in [0.15, 0.2) is 54.6 Å². The molecule has 1 aliphatic rings. The molecule has 1 fully saturated rings. The molecule has 36 heavy (non-hydrogen) atoms. The summed E-state index contributed by atoms with van der Waals surface area (Å²) >= 11 is 0. The number of fused-ring (bicyclic) bond motifs is 1. The molecule has 9 nitrogen and oxygen atoms in total. The molecule has 0 aliphatic carbocycles. The minimum atomic E-state index is -3.15. The molecule has 186 valence electrons. The molecule has 1 unspecified atom stereocenters. The lowest BCUT2D eigenvalue weighted by Crippen LogP contribution is -2.15. The van der Waals surface area contributed by atoms with E-state index in [1.54, 1.807) is 44.0 Å². The summed E-state index contributed by atoms with van der Waals surface area (Å²) in [5.74, 6) is 0.892. The average molecular weight is 507 g/mol. The van der Waals surface area contributed by atoms with Crippen molar-refractivity contribution in [1.29, 1.82) is 0 Å². The van der Waals surface area contributed by atoms with Crippen LogP contribution in [0, 0.1) is 6.92 Å². The number of hydrogen-bond donors (Lipinski definition) is 1. The number of aromatic nitrogens is 3. The van der Waals surface area contributed by atoms with E-state index in [1.165, 1.54) is 0 Å². The van der Waals surface area contributed by atoms with Gasteiger partial charge >= 0.3 is 0 Å². The molecule has 1 amide bonds. The molecule has 4 aromatic rings. The van der Waals surface area contributed by atoms with Gasteiger partial charge in [0.15, 0.2) is 27.0 Å². The van der Waals surface area contributed by atoms with Crippen LogP contribution in [0.1, 0.15) is 28.5 Å². The molecule has 2 aromatic heterocycles. The number of methoxy groups -OCH3 is 2. The van der Waals surface area contributed by atoms with E-state index in [0.717, 1.165) is 0 Å². The molecule has 2 aromatic carbocycles. The first-order valence-corrected chi connectivity index (χ1v) is 13.3. The number of sulfone groups is 1. The Morgan fingerprint density at radius 3 is 2.47 bits per heavy atom. The van der Waals surface area contributed by atoms with Gasteiger partial charge in [-0.2, -0.15) is 5.10 Å². The molecule has 0 saturated carbocycles. The summed E-state index contributed by atoms with van der Waals surface area (Å²) in [5.41, 5.74) is 3.39. The van der Waals surface area contributed by atoms with Crippen molar-refractivity contribution in [3.05, 3.63) is 65.9 Å². The average Bonchev–Trinajstić information content (AvgIpc) is 3.42. The Morgan fingerprint density at radius 1 is 1.06 bits per heavy atom. The van der Waals surface area contributed by atoms with Crippen LogP contribution in [-0.4, -0.2) is 54.8 Å². The van der Waals surface area contributed by atoms with Crippen LogP contribution >= 0.6 is 0 Å². The summed E-state index contributed by atoms with van der Waals surface area (Å²) < 4.78 is 36.9. The van der Waals surface area contributed by atoms with Crippen LogP contribution in [0.3, 0.4) is 0 Å². The third kappa shape index (κ3) is 4.39. The van der Waals surface area contributed by atoms with Gasteiger partial charge in [-0.15, -0.1) is 0 Å². The van der Waals surface area contributed by atoms with E-state index >= 15 is 0 Å². The predicted octanol–water partition coefficient (Wildman–Crippen LogP) is 4.04. The number of rotatable bonds is 6. The number of hydrogen-bond acceptors (Lipinski definition) is 7. The Kier molecular flexibility index (Phi) is 6.13. The highest BCUT2D eigenvalue weighted by Crippen LogP contribution is 2.35. The molecule has 3 heterocycles. The fourth-order valence-electron chi connectivity index (χ4n) is 4.58. The fraction of sp³-hybridized carbons (Fsp3) is 0.269. The van der Waals surface area contributed by atoms with Gasteiger partial charge in [-0.05, 0) is 49.7 Å². The van der Waals surface area contributed by atoms with Gasteiger partial charge < -0.3 is 14.8 Å². The summed E-state index contributed by atoms with van der Waals surface area (Å²) in [5, 5.41) is 8.19. The second-order valence-electron chi connectivity index (χ2n) is 8.73. The Hall–Kier alpha value is -3.92. The summed E-state index contributed by atoms with van der Waals surface area (Å²) in [7, 11) is -0.0356. The monoisotopic (exact) mass is 506 g/mol. The predicted molar refractivity (Wildman–Crippen MR) is 138 cm³/mol. The molecule has 1 atom stereocenters. The lowest BCUT2D eigenvalue weighted by molar-refractivity contribution is 0.102. The number of pyridine rings is 1. The van der Waals surface area contributed by atoms with Gasteiger partial charge in [-0.1, -0.05) is 18.2 Å². The minimum Gasteiger partial charge on any atom is -0.493 e. The third-order valence-corrected chi connectivity index (χ3v) is 8.10. The zero-order valence-electron chi connectivity index (χ0n) is 20.2. The van der Waals surface area contributed by atoms with E-state index in [0.29, 0.717) is 57.2 Å². The highest BCUT2D eigenvalue weighted by Gasteiger charge is 2.32. The fourth-order valence-corrected chi connectivity index (χ4v) is 6.27. The van der Waals surface area contributed by atoms with Crippen LogP contribution in [0.4, 0.5) is 5.69 Å². The van der Waals surface area contributed by atoms with Crippen molar-refractivity contribution in [2.24, 2.45) is 0 Å². The summed E-state index contributed by atoms with van der Waals surface area (Å²) in [4.78, 5) is 18.4. The molecule has 0 bridgehead atoms. The topological polar surface area (TPSA) is 112 Å². The van der Waals surface area contributed by atoms with E-state index in [9.17, 15) is 13.2 Å². The summed E-state index contributed by atoms with van der Waals surface area (Å²) in [6.07, 6.45) is 0.451. The minimum absolute atomic E-state index is 0.00295. The first-order chi connectivity index (χ1) is 17.3. The Morgan fingerprint density at radius 2 is 1.81 bits per heavy atom. The second kappa shape index (κ2) is 9.27. The van der Waals surface area contributed by atoms with Crippen molar-refractivity contribution in [3.8, 4) is 22.8 Å². The van der Waals surface area contributed by atoms with E-state index in [4.69, 9.17) is 14.5 Å². The summed E-state index contributed by atoms with van der Waals surface area (Å²) in [6, 6.07) is 16.0. The number of amides is 1. The van der Waals surface area contributed by atoms with Gasteiger partial charge in [0.1, 0.15) is 0 Å². The van der Waals surface area contributed by atoms with Gasteiger partial charge in [0.2, 0.25) is 0 Å². The van der Waals surface area contributed by atoms with Gasteiger partial charge in [0.25, 0.3) is 5.91 Å². The van der Waals surface area contributed by atoms with Gasteiger partial charge in [0.05, 0.1) is 54.1 Å². The van der Waals surface area contributed by atoms with E-state index < -0.39 is 9.84 Å². The van der Waals surface area contributed by atoms with Gasteiger partial charge in [-0.3, -0.25) is 4.79 Å². The molecule has 0 radical (unpaired) electrons. The third-order valence-electron chi connectivity index (χ3n) is 6.35. The molecule has 10 heteroatoms. The van der Waals surface area contributed by atoms with Crippen LogP contribution < -0.4 is 14.8 Å². The zero-order valence-corrected chi connectivity index (χ0v) is 21.0. The number of para-hydroxylation sites is 1. The second-order valence-corrected chi connectivity index (χ2v) is 11.0. The molecular formula is C26H26N4O5S. The first-order valence-electron chi connectivity index (χ1n) is 11.5. The van der Waals surface area contributed by atoms with Crippen LogP contribution in [0.2, 0.25) is 0 Å². The van der Waals surface area contributed by atoms with Crippen molar-refractivity contribution in [2.75, 3.05) is 31.0 Å². The maximum absolute atomic E-state index is 13.5. The first kappa shape index (κ1) is 23.8. The van der Waals surface area contributed by atoms with Crippen LogP contribution in [0.25, 0.3) is 22.3 Å². The maximum Gasteiger partial charge on any atom is 0.256 e. The smallest absolute Gasteiger partial charge is 0.256 e. The molecule has 1 aliphatic heterocycles. The Balaban J connectivity index is 1.70. The number of nitrogens with one attached hydrogen (secondary N) is 1. The number of aryl methyl sites for hydroxylation is 1. The van der Waals surface area contributed by atoms with Crippen molar-refractivity contribution >= 4 is 32.5 Å². The normalized spacial score (nSPS) is 16.7. The highest BCUT2D eigenvalue weighted by atomic mass is 32.2. The quantitative estimate of drug-likeness (QED) is 0.420. The van der Waals surface area contributed by atoms with Crippen molar-refractivity contribution < 1.29 is 22.7 Å². The van der Waals surface area contributed by atoms with Gasteiger partial charge in [-0.25, -0.2) is 18.1 Å². The standard InChI is InChI=1S/C26H26N4O5S/c1-16-24-20(26(31)27-18-7-5-4-6-8-18)14-21(17-9-10-22(34-2)23(13-17)35-3)28-25(24)30(29-16)19-11-12-36(32,33)15-19/h4-10,13-14,19H,11-12,15H2,1-3H3,(H,27,31). The van der Waals surface area contributed by atoms with E-state index in [-0.39, 0.29) is 23.5 Å². The van der Waals surface area contributed by atoms with Crippen molar-refractivity contribution in [1.82, 2.24) is 14.8 Å². The van der Waals surface area contributed by atoms with Crippen LogP contribution in [-0.2, 0) is 9.84 Å². The number of carbonyl (C=O) groups is 1. The maximum atomic E-state index is 13.5. The Labute approximate surface area is 209 Å². The number of benzene rings is 2. The highest BCUT2D eigenvalue weighted by molar-refractivity contribution is 7.91. The SMILES string of the molecule is COc1ccc(-c2cc(C(=O)Nc3ccccc3)c3c(C)nn(C4CCS(=O)(=O)C4)c3n2)cc1OC. The number of carbonyl (C=O) groups excluding carboxylic acids is 1. The number of ether oxygens (including phenoxy) is 2. The Bertz CT molecular complexity index is 1560. The molecule has 5 rings (SSSR count). The lowest BCUT2D eigenvalue weighted by atomic mass is 10.0. The molecular weight excluding hydrogens is 480 g/mol. The number of nitrogens with zero attached hydrogens (tertiary/aromatic N) is 3. The van der Waals surface area contributed by atoms with Crippen molar-refractivity contribution in [2.45, 2.75) is 19.4 Å². The van der Waals surface area contributed by atoms with Crippen LogP contribution in [0.5, 0.6) is 11.5 Å². The largest absolute Gasteiger partial charge is 0.493 e. The lowest BCUT2D eigenvalue weighted by Gasteiger charge is -2.13. The van der Waals surface area contributed by atoms with Crippen molar-refractivity contribution in [3.63, 3.8) is 0 Å².